The van der Waals surface area contributed by atoms with Crippen LogP contribution in [0.1, 0.15) is 182 Å². The molecule has 0 heterocycles. The van der Waals surface area contributed by atoms with Gasteiger partial charge >= 0.3 is 0 Å². The first-order chi connectivity index (χ1) is 15.2. The zero-order chi connectivity index (χ0) is 23.0. The van der Waals surface area contributed by atoms with Crippen LogP contribution in [0, 0.1) is 17.8 Å². The van der Waals surface area contributed by atoms with E-state index in [4.69, 9.17) is 0 Å². The predicted octanol–water partition coefficient (Wildman–Crippen LogP) is 11.9. The van der Waals surface area contributed by atoms with Gasteiger partial charge in [-0.25, -0.2) is 0 Å². The fourth-order valence-electron chi connectivity index (χ4n) is 5.21. The van der Waals surface area contributed by atoms with E-state index in [1.54, 1.807) is 0 Å². The normalized spacial score (nSPS) is 14.6. The van der Waals surface area contributed by atoms with Crippen molar-refractivity contribution in [3.05, 3.63) is 0 Å². The summed E-state index contributed by atoms with van der Waals surface area (Å²) >= 11 is 0. The highest BCUT2D eigenvalue weighted by molar-refractivity contribution is 4.65. The van der Waals surface area contributed by atoms with E-state index in [2.05, 4.69) is 34.6 Å². The Hall–Kier alpha value is 0. The van der Waals surface area contributed by atoms with E-state index in [-0.39, 0.29) is 0 Å². The summed E-state index contributed by atoms with van der Waals surface area (Å²) in [6.45, 7) is 12.0. The van der Waals surface area contributed by atoms with Crippen LogP contribution < -0.4 is 0 Å². The molecule has 188 valence electrons. The molecule has 3 unspecified atom stereocenters. The van der Waals surface area contributed by atoms with Crippen LogP contribution in [0.3, 0.4) is 0 Å². The molecule has 0 aliphatic carbocycles. The molecule has 0 saturated carbocycles. The third-order valence-electron chi connectivity index (χ3n) is 7.94. The average Bonchev–Trinajstić information content (AvgIpc) is 2.78. The highest BCUT2D eigenvalue weighted by atomic mass is 14.2. The quantitative estimate of drug-likeness (QED) is 0.125. The third kappa shape index (κ3) is 21.6. The molecule has 0 bridgehead atoms. The maximum absolute atomic E-state index is 2.50. The molecule has 0 N–H and O–H groups in total. The van der Waals surface area contributed by atoms with Crippen LogP contribution in [-0.2, 0) is 0 Å². The number of rotatable bonds is 25. The van der Waals surface area contributed by atoms with Crippen LogP contribution in [0.4, 0.5) is 0 Å². The van der Waals surface area contributed by atoms with Crippen molar-refractivity contribution in [3.63, 3.8) is 0 Å². The molecule has 0 amide bonds. The Balaban J connectivity index is 3.90. The molecule has 0 aromatic carbocycles. The molecule has 31 heavy (non-hydrogen) atoms. The molecule has 0 heteroatoms. The van der Waals surface area contributed by atoms with Gasteiger partial charge < -0.3 is 0 Å². The van der Waals surface area contributed by atoms with Crippen LogP contribution in [0.5, 0.6) is 0 Å². The summed E-state index contributed by atoms with van der Waals surface area (Å²) in [5, 5.41) is 0. The maximum Gasteiger partial charge on any atom is -0.0414 e. The van der Waals surface area contributed by atoms with Gasteiger partial charge in [0.15, 0.2) is 0 Å². The summed E-state index contributed by atoms with van der Waals surface area (Å²) in [5.41, 5.74) is 0. The minimum atomic E-state index is 0.929. The second kappa shape index (κ2) is 24.6. The van der Waals surface area contributed by atoms with Crippen molar-refractivity contribution >= 4 is 0 Å². The molecule has 0 nitrogen and oxygen atoms in total. The largest absolute Gasteiger partial charge is 0.0654 e. The number of hydrogen-bond acceptors (Lipinski definition) is 0. The Morgan fingerprint density at radius 1 is 0.323 bits per heavy atom. The van der Waals surface area contributed by atoms with Gasteiger partial charge in [-0.1, -0.05) is 182 Å². The molecule has 3 atom stereocenters. The third-order valence-corrected chi connectivity index (χ3v) is 7.94. The van der Waals surface area contributed by atoms with E-state index in [1.807, 2.05) is 0 Å². The van der Waals surface area contributed by atoms with Crippen molar-refractivity contribution in [2.45, 2.75) is 182 Å². The van der Waals surface area contributed by atoms with Gasteiger partial charge in [-0.2, -0.15) is 0 Å². The Bertz CT molecular complexity index is 320. The van der Waals surface area contributed by atoms with Gasteiger partial charge in [0.05, 0.1) is 0 Å². The van der Waals surface area contributed by atoms with Gasteiger partial charge in [-0.05, 0) is 17.8 Å². The van der Waals surface area contributed by atoms with Crippen molar-refractivity contribution in [1.82, 2.24) is 0 Å². The number of unbranched alkanes of at least 4 members (excludes halogenated alkanes) is 14. The number of hydrogen-bond donors (Lipinski definition) is 0. The second-order valence-corrected chi connectivity index (χ2v) is 11.1. The SMILES string of the molecule is CCCCCCCCCCCC(CCCCCC)CCCCCC(C)C(C)CCCC. The summed E-state index contributed by atoms with van der Waals surface area (Å²) in [7, 11) is 0. The molecule has 0 aliphatic heterocycles. The van der Waals surface area contributed by atoms with E-state index in [9.17, 15) is 0 Å². The van der Waals surface area contributed by atoms with Gasteiger partial charge in [0.1, 0.15) is 0 Å². The molecule has 0 spiro atoms. The summed E-state index contributed by atoms with van der Waals surface area (Å²) in [6, 6.07) is 0. The smallest absolute Gasteiger partial charge is 0.0414 e. The van der Waals surface area contributed by atoms with Crippen molar-refractivity contribution in [2.24, 2.45) is 17.8 Å². The van der Waals surface area contributed by atoms with Crippen LogP contribution in [0.15, 0.2) is 0 Å². The Morgan fingerprint density at radius 3 is 1.06 bits per heavy atom. The van der Waals surface area contributed by atoms with Gasteiger partial charge in [0, 0.05) is 0 Å². The van der Waals surface area contributed by atoms with Crippen molar-refractivity contribution < 1.29 is 0 Å². The second-order valence-electron chi connectivity index (χ2n) is 11.1. The highest BCUT2D eigenvalue weighted by Gasteiger charge is 2.12. The molecule has 0 rings (SSSR count). The van der Waals surface area contributed by atoms with E-state index in [0.29, 0.717) is 0 Å². The maximum atomic E-state index is 2.50. The van der Waals surface area contributed by atoms with E-state index < -0.39 is 0 Å². The topological polar surface area (TPSA) is 0 Å². The summed E-state index contributed by atoms with van der Waals surface area (Å²) in [5.74, 6) is 2.89. The van der Waals surface area contributed by atoms with Crippen molar-refractivity contribution in [1.29, 1.82) is 0 Å². The summed E-state index contributed by atoms with van der Waals surface area (Å²) < 4.78 is 0. The van der Waals surface area contributed by atoms with Gasteiger partial charge in [0.2, 0.25) is 0 Å². The minimum Gasteiger partial charge on any atom is -0.0654 e. The lowest BCUT2D eigenvalue weighted by Crippen LogP contribution is -2.08. The lowest BCUT2D eigenvalue weighted by molar-refractivity contribution is 0.319. The first-order valence-corrected chi connectivity index (χ1v) is 15.2. The molecule has 0 aliphatic rings. The predicted molar refractivity (Wildman–Crippen MR) is 145 cm³/mol. The summed E-state index contributed by atoms with van der Waals surface area (Å²) in [4.78, 5) is 0. The van der Waals surface area contributed by atoms with E-state index in [1.165, 1.54) is 148 Å². The first kappa shape index (κ1) is 31.0. The van der Waals surface area contributed by atoms with Gasteiger partial charge in [-0.3, -0.25) is 0 Å². The fourth-order valence-corrected chi connectivity index (χ4v) is 5.21. The Morgan fingerprint density at radius 2 is 0.613 bits per heavy atom. The monoisotopic (exact) mass is 437 g/mol. The van der Waals surface area contributed by atoms with Gasteiger partial charge in [-0.15, -0.1) is 0 Å². The summed E-state index contributed by atoms with van der Waals surface area (Å²) in [6.07, 6.45) is 33.7. The molecular formula is C31H64. The zero-order valence-corrected chi connectivity index (χ0v) is 23.0. The van der Waals surface area contributed by atoms with Crippen molar-refractivity contribution in [3.8, 4) is 0 Å². The van der Waals surface area contributed by atoms with E-state index in [0.717, 1.165) is 17.8 Å². The molecule has 0 radical (unpaired) electrons. The molecule has 0 saturated heterocycles. The van der Waals surface area contributed by atoms with E-state index >= 15 is 0 Å². The molecular weight excluding hydrogens is 372 g/mol. The molecule has 0 fully saturated rings. The lowest BCUT2D eigenvalue weighted by atomic mass is 9.86. The average molecular weight is 437 g/mol. The first-order valence-electron chi connectivity index (χ1n) is 15.2. The minimum absolute atomic E-state index is 0.929. The van der Waals surface area contributed by atoms with Crippen LogP contribution >= 0.6 is 0 Å². The fraction of sp³-hybridized carbons (Fsp3) is 1.00. The van der Waals surface area contributed by atoms with Crippen molar-refractivity contribution in [2.75, 3.05) is 0 Å². The molecule has 0 aromatic heterocycles. The Labute approximate surface area is 200 Å². The lowest BCUT2D eigenvalue weighted by Gasteiger charge is -2.20. The van der Waals surface area contributed by atoms with Crippen LogP contribution in [0.25, 0.3) is 0 Å². The molecule has 0 aromatic rings. The van der Waals surface area contributed by atoms with Crippen LogP contribution in [0.2, 0.25) is 0 Å². The van der Waals surface area contributed by atoms with Crippen LogP contribution in [-0.4, -0.2) is 0 Å². The standard InChI is InChI=1S/C31H64/c1-6-9-12-14-15-16-17-18-22-27-31(26-21-13-10-7-2)28-23-19-20-25-30(5)29(4)24-11-8-3/h29-31H,6-28H2,1-5H3. The Kier molecular flexibility index (Phi) is 24.6. The highest BCUT2D eigenvalue weighted by Crippen LogP contribution is 2.26. The zero-order valence-electron chi connectivity index (χ0n) is 23.0. The van der Waals surface area contributed by atoms with Gasteiger partial charge in [0.25, 0.3) is 0 Å².